The van der Waals surface area contributed by atoms with Crippen molar-refractivity contribution in [3.8, 4) is 0 Å². The van der Waals surface area contributed by atoms with Crippen LogP contribution in [-0.4, -0.2) is 17.0 Å². The average Bonchev–Trinajstić information content (AvgIpc) is 2.53. The van der Waals surface area contributed by atoms with Crippen LogP contribution >= 0.6 is 27.7 Å². The number of aromatic nitrogens is 2. The van der Waals surface area contributed by atoms with Crippen LogP contribution in [0.1, 0.15) is 36.0 Å². The molecule has 0 amide bonds. The van der Waals surface area contributed by atoms with Gasteiger partial charge in [-0.25, -0.2) is 9.97 Å². The van der Waals surface area contributed by atoms with Crippen molar-refractivity contribution in [3.05, 3.63) is 52.0 Å². The third-order valence-electron chi connectivity index (χ3n) is 3.76. The molecule has 0 bridgehead atoms. The fourth-order valence-corrected chi connectivity index (χ4v) is 3.66. The number of fused-ring (bicyclic) bond motifs is 1. The lowest BCUT2D eigenvalue weighted by molar-refractivity contribution is 0.486. The predicted molar refractivity (Wildman–Crippen MR) is 90.5 cm³/mol. The van der Waals surface area contributed by atoms with Crippen LogP contribution in [0, 0.1) is 0 Å². The zero-order chi connectivity index (χ0) is 14.7. The van der Waals surface area contributed by atoms with Crippen molar-refractivity contribution in [2.75, 3.05) is 7.05 Å². The molecule has 1 aromatic carbocycles. The SMILES string of the molecule is CNC1CCCc2nc(CSc3ccc(Br)cc3)ncc21. The lowest BCUT2D eigenvalue weighted by atomic mass is 9.92. The van der Waals surface area contributed by atoms with Gasteiger partial charge >= 0.3 is 0 Å². The van der Waals surface area contributed by atoms with E-state index in [1.807, 2.05) is 13.2 Å². The molecule has 0 aliphatic heterocycles. The number of aryl methyl sites for hydroxylation is 1. The molecule has 1 aliphatic rings. The third kappa shape index (κ3) is 3.65. The first-order valence-electron chi connectivity index (χ1n) is 7.16. The lowest BCUT2D eigenvalue weighted by Gasteiger charge is -2.24. The molecule has 0 fully saturated rings. The molecule has 5 heteroatoms. The van der Waals surface area contributed by atoms with E-state index in [-0.39, 0.29) is 0 Å². The summed E-state index contributed by atoms with van der Waals surface area (Å²) in [7, 11) is 2.01. The average molecular weight is 364 g/mol. The highest BCUT2D eigenvalue weighted by molar-refractivity contribution is 9.10. The molecule has 0 saturated heterocycles. The molecule has 110 valence electrons. The Morgan fingerprint density at radius 2 is 2.14 bits per heavy atom. The number of nitrogens with one attached hydrogen (secondary N) is 1. The highest BCUT2D eigenvalue weighted by atomic mass is 79.9. The molecule has 3 rings (SSSR count). The van der Waals surface area contributed by atoms with Crippen LogP contribution in [0.2, 0.25) is 0 Å². The van der Waals surface area contributed by atoms with E-state index in [0.29, 0.717) is 6.04 Å². The third-order valence-corrected chi connectivity index (χ3v) is 5.30. The van der Waals surface area contributed by atoms with Gasteiger partial charge in [0.1, 0.15) is 5.82 Å². The van der Waals surface area contributed by atoms with Crippen LogP contribution in [0.15, 0.2) is 39.8 Å². The maximum absolute atomic E-state index is 4.76. The van der Waals surface area contributed by atoms with Crippen LogP contribution in [0.25, 0.3) is 0 Å². The molecular formula is C16H18BrN3S. The second kappa shape index (κ2) is 6.90. The zero-order valence-corrected chi connectivity index (χ0v) is 14.4. The van der Waals surface area contributed by atoms with Gasteiger partial charge in [0.05, 0.1) is 5.75 Å². The van der Waals surface area contributed by atoms with Crippen molar-refractivity contribution in [2.45, 2.75) is 36.0 Å². The van der Waals surface area contributed by atoms with E-state index in [1.165, 1.54) is 29.0 Å². The van der Waals surface area contributed by atoms with Crippen molar-refractivity contribution in [2.24, 2.45) is 0 Å². The highest BCUT2D eigenvalue weighted by Gasteiger charge is 2.20. The van der Waals surface area contributed by atoms with Crippen LogP contribution in [0.4, 0.5) is 0 Å². The second-order valence-electron chi connectivity index (χ2n) is 5.16. The first-order valence-corrected chi connectivity index (χ1v) is 8.94. The first kappa shape index (κ1) is 15.0. The minimum atomic E-state index is 0.418. The zero-order valence-electron chi connectivity index (χ0n) is 12.0. The van der Waals surface area contributed by atoms with Crippen molar-refractivity contribution >= 4 is 27.7 Å². The Hall–Kier alpha value is -0.910. The van der Waals surface area contributed by atoms with Crippen LogP contribution < -0.4 is 5.32 Å². The first-order chi connectivity index (χ1) is 10.3. The number of thioether (sulfide) groups is 1. The highest BCUT2D eigenvalue weighted by Crippen LogP contribution is 2.29. The van der Waals surface area contributed by atoms with Gasteiger partial charge in [0.15, 0.2) is 0 Å². The number of rotatable bonds is 4. The Morgan fingerprint density at radius 3 is 2.90 bits per heavy atom. The summed E-state index contributed by atoms with van der Waals surface area (Å²) in [4.78, 5) is 10.5. The van der Waals surface area contributed by atoms with E-state index in [4.69, 9.17) is 4.98 Å². The monoisotopic (exact) mass is 363 g/mol. The normalized spacial score (nSPS) is 17.5. The molecule has 0 radical (unpaired) electrons. The molecular weight excluding hydrogens is 346 g/mol. The largest absolute Gasteiger partial charge is 0.313 e. The second-order valence-corrected chi connectivity index (χ2v) is 7.13. The van der Waals surface area contributed by atoms with E-state index >= 15 is 0 Å². The van der Waals surface area contributed by atoms with Crippen LogP contribution in [0.5, 0.6) is 0 Å². The minimum Gasteiger partial charge on any atom is -0.313 e. The molecule has 2 aromatic rings. The van der Waals surface area contributed by atoms with E-state index in [9.17, 15) is 0 Å². The molecule has 1 atom stereocenters. The van der Waals surface area contributed by atoms with Gasteiger partial charge in [-0.1, -0.05) is 15.9 Å². The Bertz CT molecular complexity index is 615. The Labute approximate surface area is 138 Å². The minimum absolute atomic E-state index is 0.418. The maximum atomic E-state index is 4.76. The van der Waals surface area contributed by atoms with Crippen molar-refractivity contribution in [3.63, 3.8) is 0 Å². The van der Waals surface area contributed by atoms with Gasteiger partial charge in [-0.2, -0.15) is 0 Å². The topological polar surface area (TPSA) is 37.8 Å². The van der Waals surface area contributed by atoms with Crippen LogP contribution in [0.3, 0.4) is 0 Å². The molecule has 1 aliphatic carbocycles. The van der Waals surface area contributed by atoms with Gasteiger partial charge < -0.3 is 5.32 Å². The summed E-state index contributed by atoms with van der Waals surface area (Å²) >= 11 is 5.23. The molecule has 1 N–H and O–H groups in total. The standard InChI is InChI=1S/C16H18BrN3S/c1-18-14-3-2-4-15-13(14)9-19-16(20-15)10-21-12-7-5-11(17)6-8-12/h5-9,14,18H,2-4,10H2,1H3. The smallest absolute Gasteiger partial charge is 0.138 e. The molecule has 1 unspecified atom stereocenters. The quantitative estimate of drug-likeness (QED) is 0.828. The van der Waals surface area contributed by atoms with Crippen molar-refractivity contribution < 1.29 is 0 Å². The summed E-state index contributed by atoms with van der Waals surface area (Å²) in [6.45, 7) is 0. The van der Waals surface area contributed by atoms with E-state index in [2.05, 4.69) is 50.5 Å². The molecule has 3 nitrogen and oxygen atoms in total. The van der Waals surface area contributed by atoms with Crippen LogP contribution in [-0.2, 0) is 12.2 Å². The van der Waals surface area contributed by atoms with Gasteiger partial charge in [-0.05, 0) is 50.6 Å². The number of nitrogens with zero attached hydrogens (tertiary/aromatic N) is 2. The number of hydrogen-bond acceptors (Lipinski definition) is 4. The summed E-state index contributed by atoms with van der Waals surface area (Å²) in [5.41, 5.74) is 2.50. The summed E-state index contributed by atoms with van der Waals surface area (Å²) in [6.07, 6.45) is 5.47. The summed E-state index contributed by atoms with van der Waals surface area (Å²) in [6, 6.07) is 8.78. The predicted octanol–water partition coefficient (Wildman–Crippen LogP) is 4.13. The molecule has 1 heterocycles. The summed E-state index contributed by atoms with van der Waals surface area (Å²) in [5.74, 6) is 1.75. The van der Waals surface area contributed by atoms with E-state index in [1.54, 1.807) is 11.8 Å². The fourth-order valence-electron chi connectivity index (χ4n) is 2.64. The van der Waals surface area contributed by atoms with Crippen molar-refractivity contribution in [1.29, 1.82) is 0 Å². The number of hydrogen-bond donors (Lipinski definition) is 1. The number of halogens is 1. The molecule has 21 heavy (non-hydrogen) atoms. The van der Waals surface area contributed by atoms with E-state index < -0.39 is 0 Å². The summed E-state index contributed by atoms with van der Waals surface area (Å²) in [5, 5.41) is 3.35. The van der Waals surface area contributed by atoms with Gasteiger partial charge in [-0.3, -0.25) is 0 Å². The Kier molecular flexibility index (Phi) is 4.93. The van der Waals surface area contributed by atoms with Crippen molar-refractivity contribution in [1.82, 2.24) is 15.3 Å². The fraction of sp³-hybridized carbons (Fsp3) is 0.375. The lowest BCUT2D eigenvalue weighted by Crippen LogP contribution is -2.23. The van der Waals surface area contributed by atoms with Gasteiger partial charge in [0.2, 0.25) is 0 Å². The maximum Gasteiger partial charge on any atom is 0.138 e. The summed E-state index contributed by atoms with van der Waals surface area (Å²) < 4.78 is 1.11. The Morgan fingerprint density at radius 1 is 1.33 bits per heavy atom. The van der Waals surface area contributed by atoms with Gasteiger partial charge in [-0.15, -0.1) is 11.8 Å². The van der Waals surface area contributed by atoms with Gasteiger partial charge in [0.25, 0.3) is 0 Å². The molecule has 1 aromatic heterocycles. The van der Waals surface area contributed by atoms with Gasteiger partial charge in [0, 0.05) is 32.9 Å². The molecule has 0 spiro atoms. The number of benzene rings is 1. The Balaban J connectivity index is 1.70. The molecule has 0 saturated carbocycles. The van der Waals surface area contributed by atoms with E-state index in [0.717, 1.165) is 22.5 Å².